The Kier molecular flexibility index (Phi) is 5.53. The molecule has 116 valence electrons. The van der Waals surface area contributed by atoms with Crippen LogP contribution in [0.25, 0.3) is 0 Å². The van der Waals surface area contributed by atoms with Crippen molar-refractivity contribution in [2.24, 2.45) is 0 Å². The van der Waals surface area contributed by atoms with Crippen LogP contribution < -0.4 is 10.0 Å². The van der Waals surface area contributed by atoms with Gasteiger partial charge in [-0.15, -0.1) is 0 Å². The van der Waals surface area contributed by atoms with Gasteiger partial charge in [0, 0.05) is 11.4 Å². The van der Waals surface area contributed by atoms with Crippen LogP contribution in [0.1, 0.15) is 13.8 Å². The van der Waals surface area contributed by atoms with E-state index in [1.165, 1.54) is 24.3 Å². The van der Waals surface area contributed by atoms with Gasteiger partial charge in [-0.05, 0) is 38.1 Å². The molecule has 0 aliphatic rings. The van der Waals surface area contributed by atoms with Crippen molar-refractivity contribution in [2.75, 3.05) is 16.6 Å². The highest BCUT2D eigenvalue weighted by atomic mass is 32.2. The van der Waals surface area contributed by atoms with Crippen molar-refractivity contribution in [3.8, 4) is 0 Å². The van der Waals surface area contributed by atoms with Gasteiger partial charge in [-0.3, -0.25) is 14.8 Å². The van der Waals surface area contributed by atoms with Gasteiger partial charge in [-0.1, -0.05) is 0 Å². The standard InChI is InChI=1S/C12H16N2O6S/c1-3-20-12(17)13-9-4-6-10(7-5-9)14-21(18,19)8(2)11(15)16/h4-8,14H,3H2,1-2H3,(H,13,17)(H,15,16). The summed E-state index contributed by atoms with van der Waals surface area (Å²) in [5.74, 6) is -1.44. The van der Waals surface area contributed by atoms with E-state index in [1.54, 1.807) is 6.92 Å². The molecular formula is C12H16N2O6S. The number of hydrogen-bond donors (Lipinski definition) is 3. The maximum absolute atomic E-state index is 11.7. The van der Waals surface area contributed by atoms with Crippen LogP contribution >= 0.6 is 0 Å². The first-order chi connectivity index (χ1) is 9.76. The SMILES string of the molecule is CCOC(=O)Nc1ccc(NS(=O)(=O)C(C)C(=O)O)cc1. The van der Waals surface area contributed by atoms with Gasteiger partial charge in [-0.2, -0.15) is 0 Å². The molecule has 1 aromatic carbocycles. The van der Waals surface area contributed by atoms with E-state index < -0.39 is 27.3 Å². The van der Waals surface area contributed by atoms with Crippen molar-refractivity contribution in [1.29, 1.82) is 0 Å². The lowest BCUT2D eigenvalue weighted by atomic mass is 10.3. The van der Waals surface area contributed by atoms with Crippen molar-refractivity contribution in [2.45, 2.75) is 19.1 Å². The molecule has 0 radical (unpaired) electrons. The van der Waals surface area contributed by atoms with E-state index >= 15 is 0 Å². The number of carboxylic acids is 1. The van der Waals surface area contributed by atoms with Crippen LogP contribution in [-0.2, 0) is 19.6 Å². The van der Waals surface area contributed by atoms with Crippen LogP contribution in [0.15, 0.2) is 24.3 Å². The summed E-state index contributed by atoms with van der Waals surface area (Å²) in [7, 11) is -4.02. The lowest BCUT2D eigenvalue weighted by Gasteiger charge is -2.12. The Labute approximate surface area is 122 Å². The van der Waals surface area contributed by atoms with Gasteiger partial charge in [0.15, 0.2) is 5.25 Å². The van der Waals surface area contributed by atoms with Gasteiger partial charge < -0.3 is 9.84 Å². The number of aliphatic carboxylic acids is 1. The minimum absolute atomic E-state index is 0.192. The summed E-state index contributed by atoms with van der Waals surface area (Å²) in [4.78, 5) is 21.9. The highest BCUT2D eigenvalue weighted by molar-refractivity contribution is 7.94. The van der Waals surface area contributed by atoms with Crippen LogP contribution in [0.4, 0.5) is 16.2 Å². The maximum atomic E-state index is 11.7. The smallest absolute Gasteiger partial charge is 0.411 e. The third-order valence-corrected chi connectivity index (χ3v) is 4.13. The van der Waals surface area contributed by atoms with Crippen molar-refractivity contribution in [3.05, 3.63) is 24.3 Å². The number of carbonyl (C=O) groups is 2. The Balaban J connectivity index is 2.75. The predicted molar refractivity (Wildman–Crippen MR) is 76.7 cm³/mol. The van der Waals surface area contributed by atoms with E-state index in [0.29, 0.717) is 5.69 Å². The molecule has 0 spiro atoms. The van der Waals surface area contributed by atoms with Gasteiger partial charge in [0.05, 0.1) is 6.61 Å². The number of benzene rings is 1. The molecule has 1 unspecified atom stereocenters. The van der Waals surface area contributed by atoms with Crippen molar-refractivity contribution in [3.63, 3.8) is 0 Å². The quantitative estimate of drug-likeness (QED) is 0.730. The number of anilines is 2. The van der Waals surface area contributed by atoms with E-state index in [4.69, 9.17) is 5.11 Å². The summed E-state index contributed by atoms with van der Waals surface area (Å²) >= 11 is 0. The number of nitrogens with one attached hydrogen (secondary N) is 2. The van der Waals surface area contributed by atoms with Crippen LogP contribution in [0.5, 0.6) is 0 Å². The fourth-order valence-corrected chi connectivity index (χ4v) is 2.20. The minimum atomic E-state index is -4.02. The summed E-state index contributed by atoms with van der Waals surface area (Å²) in [6.45, 7) is 2.97. The van der Waals surface area contributed by atoms with Gasteiger partial charge in [-0.25, -0.2) is 13.2 Å². The number of amides is 1. The average Bonchev–Trinajstić information content (AvgIpc) is 2.40. The number of ether oxygens (including phenoxy) is 1. The predicted octanol–water partition coefficient (Wildman–Crippen LogP) is 1.47. The molecule has 21 heavy (non-hydrogen) atoms. The number of hydrogen-bond acceptors (Lipinski definition) is 5. The van der Waals surface area contributed by atoms with Crippen molar-refractivity contribution < 1.29 is 27.9 Å². The van der Waals surface area contributed by atoms with Crippen LogP contribution in [0.3, 0.4) is 0 Å². The molecule has 0 saturated carbocycles. The summed E-state index contributed by atoms with van der Waals surface area (Å²) in [6.07, 6.45) is -0.620. The summed E-state index contributed by atoms with van der Waals surface area (Å²) in [5.41, 5.74) is 0.611. The molecule has 1 amide bonds. The van der Waals surface area contributed by atoms with Gasteiger partial charge in [0.1, 0.15) is 0 Å². The first-order valence-corrected chi connectivity index (χ1v) is 7.59. The first-order valence-electron chi connectivity index (χ1n) is 6.04. The zero-order valence-corrected chi connectivity index (χ0v) is 12.3. The molecule has 9 heteroatoms. The van der Waals surface area contributed by atoms with E-state index in [-0.39, 0.29) is 12.3 Å². The van der Waals surface area contributed by atoms with E-state index in [0.717, 1.165) is 6.92 Å². The van der Waals surface area contributed by atoms with Gasteiger partial charge in [0.2, 0.25) is 10.0 Å². The average molecular weight is 316 g/mol. The third-order valence-electron chi connectivity index (χ3n) is 2.48. The largest absolute Gasteiger partial charge is 0.480 e. The normalized spacial score (nSPS) is 12.3. The van der Waals surface area contributed by atoms with Crippen molar-refractivity contribution in [1.82, 2.24) is 0 Å². The van der Waals surface area contributed by atoms with Crippen molar-refractivity contribution >= 4 is 33.5 Å². The van der Waals surface area contributed by atoms with Crippen LogP contribution in [-0.4, -0.2) is 37.4 Å². The molecule has 3 N–H and O–H groups in total. The number of carbonyl (C=O) groups excluding carboxylic acids is 1. The van der Waals surface area contributed by atoms with Crippen LogP contribution in [0.2, 0.25) is 0 Å². The molecule has 0 aliphatic heterocycles. The zero-order valence-electron chi connectivity index (χ0n) is 11.5. The Hall–Kier alpha value is -2.29. The highest BCUT2D eigenvalue weighted by Gasteiger charge is 2.27. The fourth-order valence-electron chi connectivity index (χ4n) is 1.29. The molecule has 0 bridgehead atoms. The molecule has 0 saturated heterocycles. The second-order valence-corrected chi connectivity index (χ2v) is 6.05. The van der Waals surface area contributed by atoms with E-state index in [2.05, 4.69) is 14.8 Å². The minimum Gasteiger partial charge on any atom is -0.480 e. The van der Waals surface area contributed by atoms with Gasteiger partial charge in [0.25, 0.3) is 0 Å². The summed E-state index contributed by atoms with van der Waals surface area (Å²) < 4.78 is 30.3. The lowest BCUT2D eigenvalue weighted by Crippen LogP contribution is -2.32. The molecule has 0 aliphatic carbocycles. The van der Waals surface area contributed by atoms with E-state index in [1.807, 2.05) is 0 Å². The monoisotopic (exact) mass is 316 g/mol. The Morgan fingerprint density at radius 1 is 1.24 bits per heavy atom. The Morgan fingerprint density at radius 3 is 2.24 bits per heavy atom. The lowest BCUT2D eigenvalue weighted by molar-refractivity contribution is -0.136. The van der Waals surface area contributed by atoms with Crippen LogP contribution in [0, 0.1) is 0 Å². The molecule has 0 heterocycles. The molecule has 1 aromatic rings. The number of carboxylic acid groups (broad SMARTS) is 1. The first kappa shape index (κ1) is 16.8. The molecular weight excluding hydrogens is 300 g/mol. The van der Waals surface area contributed by atoms with Gasteiger partial charge >= 0.3 is 12.1 Å². The summed E-state index contributed by atoms with van der Waals surface area (Å²) in [5, 5.41) is 9.58. The topological polar surface area (TPSA) is 122 Å². The Morgan fingerprint density at radius 2 is 1.76 bits per heavy atom. The highest BCUT2D eigenvalue weighted by Crippen LogP contribution is 2.16. The van der Waals surface area contributed by atoms with E-state index in [9.17, 15) is 18.0 Å². The zero-order chi connectivity index (χ0) is 16.0. The molecule has 1 rings (SSSR count). The maximum Gasteiger partial charge on any atom is 0.411 e. The second kappa shape index (κ2) is 6.93. The molecule has 0 fully saturated rings. The fraction of sp³-hybridized carbons (Fsp3) is 0.333. The number of sulfonamides is 1. The number of rotatable bonds is 6. The summed E-state index contributed by atoms with van der Waals surface area (Å²) in [6, 6.07) is 5.71. The Bertz CT molecular complexity index is 611. The third kappa shape index (κ3) is 4.95. The molecule has 1 atom stereocenters. The molecule has 0 aromatic heterocycles. The molecule has 8 nitrogen and oxygen atoms in total. The second-order valence-electron chi connectivity index (χ2n) is 4.05.